The number of ketones is 2. The molecule has 0 unspecified atom stereocenters. The summed E-state index contributed by atoms with van der Waals surface area (Å²) in [5.74, 6) is -0.884. The molecule has 0 bridgehead atoms. The number of carbonyl (C=O) groups excluding carboxylic acids is 2. The number of sulfone groups is 1. The number of hydrogen-bond donors (Lipinski definition) is 0. The summed E-state index contributed by atoms with van der Waals surface area (Å²) in [7, 11) is -3.48. The van der Waals surface area contributed by atoms with Gasteiger partial charge in [0.15, 0.2) is 21.4 Å². The quantitative estimate of drug-likeness (QED) is 0.799. The zero-order valence-corrected chi connectivity index (χ0v) is 12.1. The Labute approximate surface area is 122 Å². The van der Waals surface area contributed by atoms with Crippen molar-refractivity contribution in [1.29, 1.82) is 0 Å². The Bertz CT molecular complexity index is 879. The molecule has 0 saturated heterocycles. The highest BCUT2D eigenvalue weighted by Crippen LogP contribution is 2.30. The Balaban J connectivity index is 2.14. The lowest BCUT2D eigenvalue weighted by molar-refractivity contribution is 0.101. The first-order valence-electron chi connectivity index (χ1n) is 6.40. The molecule has 0 N–H and O–H groups in total. The minimum atomic E-state index is -3.48. The van der Waals surface area contributed by atoms with Gasteiger partial charge in [-0.25, -0.2) is 8.42 Å². The second-order valence-corrected chi connectivity index (χ2v) is 6.99. The molecule has 0 aromatic heterocycles. The van der Waals surface area contributed by atoms with Crippen LogP contribution < -0.4 is 0 Å². The summed E-state index contributed by atoms with van der Waals surface area (Å²) >= 11 is 0. The van der Waals surface area contributed by atoms with Gasteiger partial charge in [0.25, 0.3) is 0 Å². The molecule has 0 atom stereocenters. The van der Waals surface area contributed by atoms with Gasteiger partial charge in [0.2, 0.25) is 0 Å². The zero-order chi connectivity index (χ0) is 15.2. The molecule has 0 spiro atoms. The minimum Gasteiger partial charge on any atom is -0.295 e. The summed E-state index contributed by atoms with van der Waals surface area (Å²) in [5.41, 5.74) is 2.32. The maximum Gasteiger partial charge on any atom is 0.186 e. The van der Waals surface area contributed by atoms with E-state index in [1.807, 2.05) is 6.07 Å². The van der Waals surface area contributed by atoms with Crippen LogP contribution in [0.2, 0.25) is 0 Å². The SMILES string of the molecule is CC(=O)c1cccc(-c2ccc3c(c2)C(=O)CS3(=O)=O)c1. The molecule has 0 radical (unpaired) electrons. The fraction of sp³-hybridized carbons (Fsp3) is 0.125. The summed E-state index contributed by atoms with van der Waals surface area (Å²) in [5, 5.41) is 0. The second-order valence-electron chi connectivity index (χ2n) is 5.03. The van der Waals surface area contributed by atoms with E-state index in [-0.39, 0.29) is 22.0 Å². The molecule has 1 aliphatic rings. The molecule has 4 nitrogen and oxygen atoms in total. The Hall–Kier alpha value is -2.27. The third-order valence-electron chi connectivity index (χ3n) is 3.54. The van der Waals surface area contributed by atoms with Crippen LogP contribution >= 0.6 is 0 Å². The van der Waals surface area contributed by atoms with Crippen LogP contribution in [0.4, 0.5) is 0 Å². The highest BCUT2D eigenvalue weighted by molar-refractivity contribution is 7.92. The standard InChI is InChI=1S/C16H12O4S/c1-10(17)11-3-2-4-12(7-11)13-5-6-16-14(8-13)15(18)9-21(16,19)20/h2-8H,9H2,1H3. The van der Waals surface area contributed by atoms with Gasteiger partial charge in [0, 0.05) is 11.1 Å². The molecule has 1 heterocycles. The third-order valence-corrected chi connectivity index (χ3v) is 5.21. The summed E-state index contributed by atoms with van der Waals surface area (Å²) < 4.78 is 23.6. The fourth-order valence-electron chi connectivity index (χ4n) is 2.44. The van der Waals surface area contributed by atoms with Crippen LogP contribution in [0.25, 0.3) is 11.1 Å². The maximum absolute atomic E-state index is 11.8. The lowest BCUT2D eigenvalue weighted by Crippen LogP contribution is -2.03. The van der Waals surface area contributed by atoms with E-state index < -0.39 is 15.6 Å². The molecule has 106 valence electrons. The van der Waals surface area contributed by atoms with Gasteiger partial charge in [-0.1, -0.05) is 24.3 Å². The molecular formula is C16H12O4S. The first-order chi connectivity index (χ1) is 9.88. The smallest absolute Gasteiger partial charge is 0.186 e. The van der Waals surface area contributed by atoms with Crippen LogP contribution in [0.5, 0.6) is 0 Å². The molecular weight excluding hydrogens is 288 g/mol. The Morgan fingerprint density at radius 3 is 2.48 bits per heavy atom. The van der Waals surface area contributed by atoms with E-state index in [1.54, 1.807) is 30.3 Å². The largest absolute Gasteiger partial charge is 0.295 e. The number of benzene rings is 2. The van der Waals surface area contributed by atoms with Crippen molar-refractivity contribution >= 4 is 21.4 Å². The number of hydrogen-bond acceptors (Lipinski definition) is 4. The van der Waals surface area contributed by atoms with Crippen molar-refractivity contribution in [2.45, 2.75) is 11.8 Å². The Kier molecular flexibility index (Phi) is 3.02. The van der Waals surface area contributed by atoms with Gasteiger partial charge >= 0.3 is 0 Å². The van der Waals surface area contributed by atoms with Crippen molar-refractivity contribution < 1.29 is 18.0 Å². The van der Waals surface area contributed by atoms with Crippen molar-refractivity contribution in [2.24, 2.45) is 0 Å². The normalized spacial score (nSPS) is 15.8. The molecule has 1 aliphatic heterocycles. The second kappa shape index (κ2) is 4.63. The average Bonchev–Trinajstić information content (AvgIpc) is 2.68. The topological polar surface area (TPSA) is 68.3 Å². The van der Waals surface area contributed by atoms with Crippen molar-refractivity contribution in [2.75, 3.05) is 5.75 Å². The lowest BCUT2D eigenvalue weighted by atomic mass is 9.99. The molecule has 0 saturated carbocycles. The number of carbonyl (C=O) groups is 2. The van der Waals surface area contributed by atoms with Crippen LogP contribution in [0.15, 0.2) is 47.4 Å². The van der Waals surface area contributed by atoms with Crippen molar-refractivity contribution in [3.8, 4) is 11.1 Å². The first kappa shape index (κ1) is 13.7. The van der Waals surface area contributed by atoms with Crippen molar-refractivity contribution in [3.63, 3.8) is 0 Å². The van der Waals surface area contributed by atoms with Crippen molar-refractivity contribution in [3.05, 3.63) is 53.6 Å². The summed E-state index contributed by atoms with van der Waals surface area (Å²) in [6.07, 6.45) is 0. The van der Waals surface area contributed by atoms with E-state index in [0.29, 0.717) is 5.56 Å². The molecule has 0 fully saturated rings. The van der Waals surface area contributed by atoms with Gasteiger partial charge in [-0.05, 0) is 36.2 Å². The molecule has 21 heavy (non-hydrogen) atoms. The highest BCUT2D eigenvalue weighted by atomic mass is 32.2. The molecule has 0 amide bonds. The molecule has 0 aliphatic carbocycles. The summed E-state index contributed by atoms with van der Waals surface area (Å²) in [6.45, 7) is 1.48. The number of rotatable bonds is 2. The van der Waals surface area contributed by atoms with Crippen LogP contribution in [-0.2, 0) is 9.84 Å². The molecule has 5 heteroatoms. The maximum atomic E-state index is 11.8. The van der Waals surface area contributed by atoms with Gasteiger partial charge in [-0.3, -0.25) is 9.59 Å². The van der Waals surface area contributed by atoms with Gasteiger partial charge in [0.1, 0.15) is 5.75 Å². The summed E-state index contributed by atoms with van der Waals surface area (Å²) in [6, 6.07) is 11.7. The van der Waals surface area contributed by atoms with E-state index in [0.717, 1.165) is 11.1 Å². The van der Waals surface area contributed by atoms with Crippen LogP contribution in [-0.4, -0.2) is 25.7 Å². The molecule has 3 rings (SSSR count). The predicted octanol–water partition coefficient (Wildman–Crippen LogP) is 2.53. The van der Waals surface area contributed by atoms with E-state index in [4.69, 9.17) is 0 Å². The average molecular weight is 300 g/mol. The van der Waals surface area contributed by atoms with Gasteiger partial charge in [-0.15, -0.1) is 0 Å². The van der Waals surface area contributed by atoms with E-state index in [2.05, 4.69) is 0 Å². The van der Waals surface area contributed by atoms with Crippen LogP contribution in [0.1, 0.15) is 27.6 Å². The van der Waals surface area contributed by atoms with E-state index in [1.165, 1.54) is 13.0 Å². The number of fused-ring (bicyclic) bond motifs is 1. The summed E-state index contributed by atoms with van der Waals surface area (Å²) in [4.78, 5) is 23.3. The number of Topliss-reactive ketones (excluding diaryl/α,β-unsaturated/α-hetero) is 2. The van der Waals surface area contributed by atoms with E-state index >= 15 is 0 Å². The van der Waals surface area contributed by atoms with Crippen molar-refractivity contribution in [1.82, 2.24) is 0 Å². The van der Waals surface area contributed by atoms with Crippen LogP contribution in [0, 0.1) is 0 Å². The third kappa shape index (κ3) is 2.29. The molecule has 2 aromatic rings. The minimum absolute atomic E-state index is 0.0448. The highest BCUT2D eigenvalue weighted by Gasteiger charge is 2.33. The first-order valence-corrected chi connectivity index (χ1v) is 8.05. The fourth-order valence-corrected chi connectivity index (χ4v) is 3.88. The lowest BCUT2D eigenvalue weighted by Gasteiger charge is -2.05. The van der Waals surface area contributed by atoms with E-state index in [9.17, 15) is 18.0 Å². The van der Waals surface area contributed by atoms with Gasteiger partial charge in [0.05, 0.1) is 4.90 Å². The van der Waals surface area contributed by atoms with Gasteiger partial charge < -0.3 is 0 Å². The Morgan fingerprint density at radius 1 is 1.05 bits per heavy atom. The Morgan fingerprint density at radius 2 is 1.76 bits per heavy atom. The monoisotopic (exact) mass is 300 g/mol. The molecule has 2 aromatic carbocycles. The predicted molar refractivity (Wildman–Crippen MR) is 78.3 cm³/mol. The van der Waals surface area contributed by atoms with Crippen LogP contribution in [0.3, 0.4) is 0 Å². The zero-order valence-electron chi connectivity index (χ0n) is 11.3. The van der Waals surface area contributed by atoms with Gasteiger partial charge in [-0.2, -0.15) is 0 Å².